The van der Waals surface area contributed by atoms with Gasteiger partial charge in [0.05, 0.1) is 24.4 Å². The van der Waals surface area contributed by atoms with Gasteiger partial charge in [0.15, 0.2) is 0 Å². The van der Waals surface area contributed by atoms with Crippen molar-refractivity contribution in [2.75, 3.05) is 13.2 Å². The summed E-state index contributed by atoms with van der Waals surface area (Å²) in [6.07, 6.45) is 2.74. The van der Waals surface area contributed by atoms with E-state index in [0.29, 0.717) is 12.8 Å². The van der Waals surface area contributed by atoms with Gasteiger partial charge in [0, 0.05) is 12.5 Å². The quantitative estimate of drug-likeness (QED) is 0.676. The largest absolute Gasteiger partial charge is 0.394 e. The highest BCUT2D eigenvalue weighted by Gasteiger charge is 2.23. The molecule has 0 amide bonds. The Bertz CT molecular complexity index is 535. The molecule has 1 aromatic heterocycles. The molecule has 0 aliphatic heterocycles. The second-order valence-electron chi connectivity index (χ2n) is 5.45. The molecule has 0 bridgehead atoms. The zero-order valence-electron chi connectivity index (χ0n) is 12.0. The topological polar surface area (TPSA) is 92.5 Å². The molecule has 0 aliphatic carbocycles. The Morgan fingerprint density at radius 3 is 2.43 bits per heavy atom. The van der Waals surface area contributed by atoms with Crippen molar-refractivity contribution in [1.82, 2.24) is 5.16 Å². The summed E-state index contributed by atoms with van der Waals surface area (Å²) in [5.74, 6) is 0.731. The molecule has 0 spiro atoms. The van der Waals surface area contributed by atoms with Gasteiger partial charge in [0.1, 0.15) is 5.76 Å². The molecule has 4 N–H and O–H groups in total. The number of hydrogen-bond donors (Lipinski definition) is 3. The Hall–Kier alpha value is -1.69. The first-order chi connectivity index (χ1) is 10.1. The summed E-state index contributed by atoms with van der Waals surface area (Å²) >= 11 is 0. The number of aliphatic hydroxyl groups is 2. The number of aryl methyl sites for hydroxylation is 3. The van der Waals surface area contributed by atoms with E-state index in [1.165, 1.54) is 5.56 Å². The van der Waals surface area contributed by atoms with Gasteiger partial charge in [-0.15, -0.1) is 0 Å². The zero-order chi connectivity index (χ0) is 15.1. The summed E-state index contributed by atoms with van der Waals surface area (Å²) in [5, 5.41) is 22.3. The van der Waals surface area contributed by atoms with Gasteiger partial charge >= 0.3 is 0 Å². The van der Waals surface area contributed by atoms with Crippen molar-refractivity contribution in [2.45, 2.75) is 31.2 Å². The molecule has 0 aliphatic rings. The number of aliphatic hydroxyl groups excluding tert-OH is 2. The van der Waals surface area contributed by atoms with E-state index in [4.69, 9.17) is 20.5 Å². The molecule has 0 radical (unpaired) electrons. The highest BCUT2D eigenvalue weighted by molar-refractivity contribution is 5.17. The second kappa shape index (κ2) is 7.36. The van der Waals surface area contributed by atoms with E-state index in [0.717, 1.165) is 24.3 Å². The van der Waals surface area contributed by atoms with Crippen LogP contribution in [0.1, 0.15) is 23.4 Å². The Kier molecular flexibility index (Phi) is 5.50. The molecule has 5 heteroatoms. The molecule has 5 nitrogen and oxygen atoms in total. The molecule has 1 heterocycles. The van der Waals surface area contributed by atoms with Crippen LogP contribution in [0, 0.1) is 0 Å². The van der Waals surface area contributed by atoms with Crippen LogP contribution in [0.3, 0.4) is 0 Å². The third-order valence-corrected chi connectivity index (χ3v) is 3.62. The summed E-state index contributed by atoms with van der Waals surface area (Å²) in [6.45, 7) is -0.503. The lowest BCUT2D eigenvalue weighted by Gasteiger charge is -2.23. The van der Waals surface area contributed by atoms with Crippen molar-refractivity contribution < 1.29 is 14.7 Å². The summed E-state index contributed by atoms with van der Waals surface area (Å²) in [5.41, 5.74) is 7.04. The van der Waals surface area contributed by atoms with E-state index < -0.39 is 5.54 Å². The van der Waals surface area contributed by atoms with Crippen LogP contribution in [-0.4, -0.2) is 34.1 Å². The summed E-state index contributed by atoms with van der Waals surface area (Å²) in [7, 11) is 0. The molecule has 0 fully saturated rings. The highest BCUT2D eigenvalue weighted by Crippen LogP contribution is 2.14. The number of rotatable bonds is 8. The van der Waals surface area contributed by atoms with Gasteiger partial charge in [-0.2, -0.15) is 0 Å². The van der Waals surface area contributed by atoms with Crippen LogP contribution >= 0.6 is 0 Å². The van der Waals surface area contributed by atoms with Crippen LogP contribution in [0.25, 0.3) is 0 Å². The fourth-order valence-electron chi connectivity index (χ4n) is 2.09. The number of aromatic nitrogens is 1. The fourth-order valence-corrected chi connectivity index (χ4v) is 2.09. The Morgan fingerprint density at radius 2 is 1.76 bits per heavy atom. The average Bonchev–Trinajstić information content (AvgIpc) is 3.00. The van der Waals surface area contributed by atoms with Crippen molar-refractivity contribution in [3.8, 4) is 0 Å². The minimum atomic E-state index is -0.961. The Balaban J connectivity index is 1.84. The normalized spacial score (nSPS) is 11.8. The third kappa shape index (κ3) is 4.67. The van der Waals surface area contributed by atoms with Gasteiger partial charge in [0.2, 0.25) is 0 Å². The van der Waals surface area contributed by atoms with Crippen LogP contribution in [0.5, 0.6) is 0 Å². The standard InChI is InChI=1S/C16H22N2O3/c17-16(11-19,12-20)9-8-15-10-14(18-21-15)7-6-13-4-2-1-3-5-13/h1-5,10,19-20H,6-9,11-12,17H2. The van der Waals surface area contributed by atoms with Crippen LogP contribution in [-0.2, 0) is 19.3 Å². The Labute approximate surface area is 124 Å². The highest BCUT2D eigenvalue weighted by atomic mass is 16.5. The molecule has 0 unspecified atom stereocenters. The lowest BCUT2D eigenvalue weighted by Crippen LogP contribution is -2.47. The van der Waals surface area contributed by atoms with E-state index in [-0.39, 0.29) is 13.2 Å². The number of nitrogens with zero attached hydrogens (tertiary/aromatic N) is 1. The molecule has 0 atom stereocenters. The minimum absolute atomic E-state index is 0.251. The lowest BCUT2D eigenvalue weighted by molar-refractivity contribution is 0.113. The lowest BCUT2D eigenvalue weighted by atomic mass is 9.96. The van der Waals surface area contributed by atoms with Gasteiger partial charge < -0.3 is 20.5 Å². The molecule has 1 aromatic carbocycles. The molecular formula is C16H22N2O3. The van der Waals surface area contributed by atoms with Gasteiger partial charge in [0.25, 0.3) is 0 Å². The van der Waals surface area contributed by atoms with E-state index in [1.807, 2.05) is 24.3 Å². The second-order valence-corrected chi connectivity index (χ2v) is 5.45. The van der Waals surface area contributed by atoms with Crippen LogP contribution in [0.15, 0.2) is 40.9 Å². The third-order valence-electron chi connectivity index (χ3n) is 3.62. The summed E-state index contributed by atoms with van der Waals surface area (Å²) in [6, 6.07) is 12.1. The average molecular weight is 290 g/mol. The van der Waals surface area contributed by atoms with Crippen LogP contribution in [0.4, 0.5) is 0 Å². The first-order valence-corrected chi connectivity index (χ1v) is 7.14. The monoisotopic (exact) mass is 290 g/mol. The zero-order valence-corrected chi connectivity index (χ0v) is 12.0. The fraction of sp³-hybridized carbons (Fsp3) is 0.438. The van der Waals surface area contributed by atoms with Crippen LogP contribution in [0.2, 0.25) is 0 Å². The molecule has 0 saturated heterocycles. The van der Waals surface area contributed by atoms with Crippen molar-refractivity contribution in [1.29, 1.82) is 0 Å². The first-order valence-electron chi connectivity index (χ1n) is 7.14. The maximum atomic E-state index is 9.15. The SMILES string of the molecule is NC(CO)(CO)CCc1cc(CCc2ccccc2)no1. The van der Waals surface area contributed by atoms with Crippen molar-refractivity contribution in [3.05, 3.63) is 53.4 Å². The molecular weight excluding hydrogens is 268 g/mol. The van der Waals surface area contributed by atoms with Gasteiger partial charge in [-0.25, -0.2) is 0 Å². The number of benzene rings is 1. The number of nitrogens with two attached hydrogens (primary N) is 1. The molecule has 21 heavy (non-hydrogen) atoms. The summed E-state index contributed by atoms with van der Waals surface area (Å²) < 4.78 is 5.27. The predicted molar refractivity (Wildman–Crippen MR) is 79.8 cm³/mol. The first kappa shape index (κ1) is 15.7. The molecule has 2 rings (SSSR count). The van der Waals surface area contributed by atoms with Crippen molar-refractivity contribution in [3.63, 3.8) is 0 Å². The number of hydrogen-bond acceptors (Lipinski definition) is 5. The predicted octanol–water partition coefficient (Wildman–Crippen LogP) is 1.07. The van der Waals surface area contributed by atoms with Gasteiger partial charge in [-0.1, -0.05) is 35.5 Å². The van der Waals surface area contributed by atoms with Crippen molar-refractivity contribution in [2.24, 2.45) is 5.73 Å². The summed E-state index contributed by atoms with van der Waals surface area (Å²) in [4.78, 5) is 0. The minimum Gasteiger partial charge on any atom is -0.394 e. The maximum Gasteiger partial charge on any atom is 0.137 e. The van der Waals surface area contributed by atoms with E-state index in [9.17, 15) is 0 Å². The van der Waals surface area contributed by atoms with Gasteiger partial charge in [-0.3, -0.25) is 0 Å². The van der Waals surface area contributed by atoms with Crippen molar-refractivity contribution >= 4 is 0 Å². The van der Waals surface area contributed by atoms with E-state index in [1.54, 1.807) is 0 Å². The van der Waals surface area contributed by atoms with E-state index in [2.05, 4.69) is 17.3 Å². The maximum absolute atomic E-state index is 9.15. The molecule has 114 valence electrons. The molecule has 2 aromatic rings. The van der Waals surface area contributed by atoms with Crippen LogP contribution < -0.4 is 5.73 Å². The smallest absolute Gasteiger partial charge is 0.137 e. The van der Waals surface area contributed by atoms with Gasteiger partial charge in [-0.05, 0) is 24.8 Å². The van der Waals surface area contributed by atoms with E-state index >= 15 is 0 Å². The Morgan fingerprint density at radius 1 is 1.05 bits per heavy atom. The molecule has 0 saturated carbocycles.